The van der Waals surface area contributed by atoms with Crippen LogP contribution in [0.2, 0.25) is 0 Å². The van der Waals surface area contributed by atoms with Crippen LogP contribution in [0.5, 0.6) is 0 Å². The summed E-state index contributed by atoms with van der Waals surface area (Å²) in [7, 11) is 0. The molecule has 1 saturated heterocycles. The average Bonchev–Trinajstić information content (AvgIpc) is 2.86. The maximum absolute atomic E-state index is 5.40. The standard InChI is InChI=1S/C10H16N2OS/c1-2-9(8-3-5-13-7-8)12-10-11-4-6-14-10/h4,6,8-9H,2-3,5,7H2,1H3,(H,11,12). The van der Waals surface area contributed by atoms with Gasteiger partial charge in [-0.3, -0.25) is 0 Å². The van der Waals surface area contributed by atoms with E-state index in [9.17, 15) is 0 Å². The fraction of sp³-hybridized carbons (Fsp3) is 0.700. The summed E-state index contributed by atoms with van der Waals surface area (Å²) >= 11 is 1.66. The summed E-state index contributed by atoms with van der Waals surface area (Å²) in [6.07, 6.45) is 4.15. The van der Waals surface area contributed by atoms with Crippen LogP contribution in [-0.2, 0) is 4.74 Å². The predicted molar refractivity (Wildman–Crippen MR) is 58.7 cm³/mol. The van der Waals surface area contributed by atoms with Crippen molar-refractivity contribution in [1.82, 2.24) is 4.98 Å². The minimum atomic E-state index is 0.517. The van der Waals surface area contributed by atoms with Gasteiger partial charge in [-0.15, -0.1) is 11.3 Å². The molecule has 0 aliphatic carbocycles. The molecule has 1 aromatic rings. The third kappa shape index (κ3) is 2.25. The van der Waals surface area contributed by atoms with Gasteiger partial charge in [-0.05, 0) is 12.8 Å². The Morgan fingerprint density at radius 3 is 3.29 bits per heavy atom. The molecule has 3 nitrogen and oxygen atoms in total. The molecule has 1 N–H and O–H groups in total. The van der Waals surface area contributed by atoms with Gasteiger partial charge in [0.1, 0.15) is 0 Å². The fourth-order valence-corrected chi connectivity index (χ4v) is 2.47. The van der Waals surface area contributed by atoms with Crippen LogP contribution >= 0.6 is 11.3 Å². The first-order valence-corrected chi connectivity index (χ1v) is 6.02. The maximum atomic E-state index is 5.40. The van der Waals surface area contributed by atoms with Gasteiger partial charge >= 0.3 is 0 Å². The molecular formula is C10H16N2OS. The van der Waals surface area contributed by atoms with Crippen molar-refractivity contribution in [3.63, 3.8) is 0 Å². The Morgan fingerprint density at radius 2 is 2.71 bits per heavy atom. The Morgan fingerprint density at radius 1 is 1.79 bits per heavy atom. The molecule has 2 heterocycles. The van der Waals surface area contributed by atoms with Gasteiger partial charge in [0.15, 0.2) is 5.13 Å². The largest absolute Gasteiger partial charge is 0.381 e. The molecule has 14 heavy (non-hydrogen) atoms. The molecule has 1 aliphatic rings. The van der Waals surface area contributed by atoms with Crippen LogP contribution in [0.4, 0.5) is 5.13 Å². The number of ether oxygens (including phenoxy) is 1. The number of nitrogens with one attached hydrogen (secondary N) is 1. The highest BCUT2D eigenvalue weighted by atomic mass is 32.1. The van der Waals surface area contributed by atoms with E-state index in [1.165, 1.54) is 6.42 Å². The summed E-state index contributed by atoms with van der Waals surface area (Å²) in [6.45, 7) is 4.03. The molecule has 1 fully saturated rings. The third-order valence-electron chi connectivity index (χ3n) is 2.71. The maximum Gasteiger partial charge on any atom is 0.182 e. The van der Waals surface area contributed by atoms with E-state index in [1.54, 1.807) is 11.3 Å². The van der Waals surface area contributed by atoms with Crippen LogP contribution in [0.15, 0.2) is 11.6 Å². The summed E-state index contributed by atoms with van der Waals surface area (Å²) in [5.74, 6) is 0.656. The smallest absolute Gasteiger partial charge is 0.182 e. The second-order valence-corrected chi connectivity index (χ2v) is 4.51. The molecular weight excluding hydrogens is 196 g/mol. The van der Waals surface area contributed by atoms with E-state index in [-0.39, 0.29) is 0 Å². The Bertz CT molecular complexity index is 257. The Hall–Kier alpha value is -0.610. The lowest BCUT2D eigenvalue weighted by atomic mass is 9.97. The number of rotatable bonds is 4. The lowest BCUT2D eigenvalue weighted by molar-refractivity contribution is 0.182. The molecule has 1 aromatic heterocycles. The summed E-state index contributed by atoms with van der Waals surface area (Å²) in [5, 5.41) is 6.51. The van der Waals surface area contributed by atoms with E-state index in [0.717, 1.165) is 24.8 Å². The first-order chi connectivity index (χ1) is 6.90. The lowest BCUT2D eigenvalue weighted by Crippen LogP contribution is -2.28. The van der Waals surface area contributed by atoms with Crippen molar-refractivity contribution in [2.75, 3.05) is 18.5 Å². The van der Waals surface area contributed by atoms with Crippen LogP contribution < -0.4 is 5.32 Å². The molecule has 78 valence electrons. The highest BCUT2D eigenvalue weighted by Crippen LogP contribution is 2.23. The van der Waals surface area contributed by atoms with E-state index in [1.807, 2.05) is 11.6 Å². The number of anilines is 1. The Kier molecular flexibility index (Phi) is 3.37. The van der Waals surface area contributed by atoms with Crippen molar-refractivity contribution in [1.29, 1.82) is 0 Å². The molecule has 2 rings (SSSR count). The van der Waals surface area contributed by atoms with Crippen molar-refractivity contribution < 1.29 is 4.74 Å². The molecule has 0 bridgehead atoms. The average molecular weight is 212 g/mol. The quantitative estimate of drug-likeness (QED) is 0.832. The summed E-state index contributed by atoms with van der Waals surface area (Å²) < 4.78 is 5.40. The van der Waals surface area contributed by atoms with Gasteiger partial charge in [0, 0.05) is 30.1 Å². The van der Waals surface area contributed by atoms with Crippen molar-refractivity contribution in [3.05, 3.63) is 11.6 Å². The molecule has 0 amide bonds. The second kappa shape index (κ2) is 4.75. The van der Waals surface area contributed by atoms with E-state index in [2.05, 4.69) is 17.2 Å². The summed E-state index contributed by atoms with van der Waals surface area (Å²) in [6, 6.07) is 0.517. The number of thiazole rings is 1. The fourth-order valence-electron chi connectivity index (χ4n) is 1.88. The van der Waals surface area contributed by atoms with Crippen LogP contribution in [0.3, 0.4) is 0 Å². The number of hydrogen-bond acceptors (Lipinski definition) is 4. The van der Waals surface area contributed by atoms with Gasteiger partial charge in [-0.1, -0.05) is 6.92 Å². The zero-order chi connectivity index (χ0) is 9.80. The molecule has 0 spiro atoms. The van der Waals surface area contributed by atoms with Crippen LogP contribution in [0.25, 0.3) is 0 Å². The molecule has 4 heteroatoms. The lowest BCUT2D eigenvalue weighted by Gasteiger charge is -2.21. The van der Waals surface area contributed by atoms with Gasteiger partial charge in [0.05, 0.1) is 6.61 Å². The topological polar surface area (TPSA) is 34.2 Å². The minimum Gasteiger partial charge on any atom is -0.381 e. The number of aromatic nitrogens is 1. The van der Waals surface area contributed by atoms with Crippen molar-refractivity contribution in [2.24, 2.45) is 5.92 Å². The minimum absolute atomic E-state index is 0.517. The van der Waals surface area contributed by atoms with Gasteiger partial charge in [0.2, 0.25) is 0 Å². The first kappa shape index (κ1) is 9.93. The van der Waals surface area contributed by atoms with E-state index in [0.29, 0.717) is 12.0 Å². The summed E-state index contributed by atoms with van der Waals surface area (Å²) in [5.41, 5.74) is 0. The van der Waals surface area contributed by atoms with E-state index < -0.39 is 0 Å². The molecule has 0 aromatic carbocycles. The SMILES string of the molecule is CCC(Nc1nccs1)C1CCOC1. The molecule has 2 atom stereocenters. The van der Waals surface area contributed by atoms with Gasteiger partial charge < -0.3 is 10.1 Å². The molecule has 1 aliphatic heterocycles. The molecule has 0 radical (unpaired) electrons. The van der Waals surface area contributed by atoms with Crippen molar-refractivity contribution in [2.45, 2.75) is 25.8 Å². The zero-order valence-electron chi connectivity index (χ0n) is 8.40. The Balaban J connectivity index is 1.92. The molecule has 2 unspecified atom stereocenters. The highest BCUT2D eigenvalue weighted by molar-refractivity contribution is 7.13. The van der Waals surface area contributed by atoms with Crippen molar-refractivity contribution >= 4 is 16.5 Å². The number of nitrogens with zero attached hydrogens (tertiary/aromatic N) is 1. The number of hydrogen-bond donors (Lipinski definition) is 1. The van der Waals surface area contributed by atoms with Gasteiger partial charge in [-0.25, -0.2) is 4.98 Å². The van der Waals surface area contributed by atoms with Gasteiger partial charge in [0.25, 0.3) is 0 Å². The third-order valence-corrected chi connectivity index (χ3v) is 3.42. The second-order valence-electron chi connectivity index (χ2n) is 3.62. The molecule has 0 saturated carbocycles. The van der Waals surface area contributed by atoms with Gasteiger partial charge in [-0.2, -0.15) is 0 Å². The van der Waals surface area contributed by atoms with Crippen molar-refractivity contribution in [3.8, 4) is 0 Å². The monoisotopic (exact) mass is 212 g/mol. The Labute approximate surface area is 88.5 Å². The van der Waals surface area contributed by atoms with Crippen LogP contribution in [0, 0.1) is 5.92 Å². The van der Waals surface area contributed by atoms with Crippen LogP contribution in [0.1, 0.15) is 19.8 Å². The van der Waals surface area contributed by atoms with E-state index >= 15 is 0 Å². The highest BCUT2D eigenvalue weighted by Gasteiger charge is 2.24. The first-order valence-electron chi connectivity index (χ1n) is 5.14. The van der Waals surface area contributed by atoms with E-state index in [4.69, 9.17) is 4.74 Å². The summed E-state index contributed by atoms with van der Waals surface area (Å²) in [4.78, 5) is 4.24. The zero-order valence-corrected chi connectivity index (χ0v) is 9.22. The normalized spacial score (nSPS) is 23.6. The predicted octanol–water partition coefficient (Wildman–Crippen LogP) is 2.37. The van der Waals surface area contributed by atoms with Crippen LogP contribution in [-0.4, -0.2) is 24.2 Å².